The molecule has 3 aliphatic rings. The second-order valence-electron chi connectivity index (χ2n) is 9.41. The molecule has 1 saturated carbocycles. The molecule has 3 nitrogen and oxygen atoms in total. The fourth-order valence-corrected chi connectivity index (χ4v) is 5.90. The Hall–Kier alpha value is -2.13. The van der Waals surface area contributed by atoms with E-state index in [0.717, 1.165) is 57.8 Å². The van der Waals surface area contributed by atoms with Crippen molar-refractivity contribution in [2.24, 2.45) is 5.92 Å². The van der Waals surface area contributed by atoms with Gasteiger partial charge in [-0.3, -0.25) is 9.69 Å². The number of piperazine rings is 1. The van der Waals surface area contributed by atoms with Gasteiger partial charge in [-0.1, -0.05) is 74.2 Å². The molecule has 2 aromatic carbocycles. The standard InChI is InChI=1S/C27H34N2O/c30-26(16-13-21-7-1-2-8-21)28-17-19-29(20-18-28)27-24-11-5-3-9-22(24)14-15-23-10-4-6-12-25(23)27/h3-6,9-12,21,27H,1-2,7-8,13-20H2. The van der Waals surface area contributed by atoms with Crippen LogP contribution in [0.4, 0.5) is 0 Å². The van der Waals surface area contributed by atoms with Crippen LogP contribution >= 0.6 is 0 Å². The zero-order valence-corrected chi connectivity index (χ0v) is 18.1. The monoisotopic (exact) mass is 402 g/mol. The fraction of sp³-hybridized carbons (Fsp3) is 0.519. The van der Waals surface area contributed by atoms with Gasteiger partial charge in [0.1, 0.15) is 0 Å². The van der Waals surface area contributed by atoms with E-state index in [2.05, 4.69) is 58.3 Å². The molecule has 5 rings (SSSR count). The highest BCUT2D eigenvalue weighted by Gasteiger charge is 2.31. The minimum absolute atomic E-state index is 0.315. The molecule has 0 N–H and O–H groups in total. The molecule has 0 aromatic heterocycles. The summed E-state index contributed by atoms with van der Waals surface area (Å²) < 4.78 is 0. The largest absolute Gasteiger partial charge is 0.340 e. The van der Waals surface area contributed by atoms with Crippen LogP contribution in [-0.2, 0) is 17.6 Å². The van der Waals surface area contributed by atoms with Gasteiger partial charge in [-0.25, -0.2) is 0 Å². The molecule has 0 bridgehead atoms. The van der Waals surface area contributed by atoms with Crippen LogP contribution in [0.25, 0.3) is 0 Å². The Morgan fingerprint density at radius 1 is 0.800 bits per heavy atom. The number of nitrogens with zero attached hydrogens (tertiary/aromatic N) is 2. The molecule has 2 aromatic rings. The summed E-state index contributed by atoms with van der Waals surface area (Å²) in [4.78, 5) is 17.5. The summed E-state index contributed by atoms with van der Waals surface area (Å²) in [5.41, 5.74) is 5.88. The highest BCUT2D eigenvalue weighted by molar-refractivity contribution is 5.76. The first-order chi connectivity index (χ1) is 14.8. The number of benzene rings is 2. The Bertz CT molecular complexity index is 830. The Morgan fingerprint density at radius 3 is 1.97 bits per heavy atom. The van der Waals surface area contributed by atoms with Gasteiger partial charge >= 0.3 is 0 Å². The van der Waals surface area contributed by atoms with Crippen molar-refractivity contribution < 1.29 is 4.79 Å². The number of rotatable bonds is 4. The number of fused-ring (bicyclic) bond motifs is 2. The Balaban J connectivity index is 1.29. The maximum absolute atomic E-state index is 12.8. The maximum atomic E-state index is 12.8. The highest BCUT2D eigenvalue weighted by Crippen LogP contribution is 2.37. The lowest BCUT2D eigenvalue weighted by molar-refractivity contribution is -0.133. The van der Waals surface area contributed by atoms with Crippen LogP contribution in [-0.4, -0.2) is 41.9 Å². The molecule has 1 aliphatic heterocycles. The third kappa shape index (κ3) is 4.05. The van der Waals surface area contributed by atoms with E-state index in [0.29, 0.717) is 11.9 Å². The van der Waals surface area contributed by atoms with Gasteiger partial charge in [0.05, 0.1) is 6.04 Å². The molecule has 0 radical (unpaired) electrons. The number of carbonyl (C=O) groups excluding carboxylic acids is 1. The van der Waals surface area contributed by atoms with Crippen molar-refractivity contribution in [1.29, 1.82) is 0 Å². The van der Waals surface area contributed by atoms with Crippen LogP contribution in [0.5, 0.6) is 0 Å². The molecule has 0 atom stereocenters. The third-order valence-corrected chi connectivity index (χ3v) is 7.64. The van der Waals surface area contributed by atoms with Gasteiger partial charge in [-0.05, 0) is 47.4 Å². The average molecular weight is 403 g/mol. The SMILES string of the molecule is O=C(CCC1CCCC1)N1CCN(C2c3ccccc3CCc3ccccc32)CC1. The molecule has 30 heavy (non-hydrogen) atoms. The number of carbonyl (C=O) groups is 1. The molecule has 1 saturated heterocycles. The zero-order chi connectivity index (χ0) is 20.3. The van der Waals surface area contributed by atoms with Crippen molar-refractivity contribution in [3.63, 3.8) is 0 Å². The summed E-state index contributed by atoms with van der Waals surface area (Å²) in [6.07, 6.45) is 9.47. The van der Waals surface area contributed by atoms with Crippen molar-refractivity contribution in [2.45, 2.75) is 57.4 Å². The van der Waals surface area contributed by atoms with Gasteiger partial charge in [0.25, 0.3) is 0 Å². The summed E-state index contributed by atoms with van der Waals surface area (Å²) in [7, 11) is 0. The van der Waals surface area contributed by atoms with Gasteiger partial charge in [0.15, 0.2) is 0 Å². The minimum atomic E-state index is 0.315. The molecular weight excluding hydrogens is 368 g/mol. The second-order valence-corrected chi connectivity index (χ2v) is 9.41. The van der Waals surface area contributed by atoms with Crippen molar-refractivity contribution in [3.05, 3.63) is 70.8 Å². The second kappa shape index (κ2) is 8.93. The third-order valence-electron chi connectivity index (χ3n) is 7.64. The molecule has 0 spiro atoms. The van der Waals surface area contributed by atoms with E-state index in [9.17, 15) is 4.79 Å². The van der Waals surface area contributed by atoms with E-state index in [4.69, 9.17) is 0 Å². The van der Waals surface area contributed by atoms with Crippen molar-refractivity contribution in [2.75, 3.05) is 26.2 Å². The van der Waals surface area contributed by atoms with Crippen LogP contribution < -0.4 is 0 Å². The van der Waals surface area contributed by atoms with Gasteiger partial charge in [0.2, 0.25) is 5.91 Å². The van der Waals surface area contributed by atoms with Crippen LogP contribution in [0.1, 0.15) is 66.8 Å². The first-order valence-corrected chi connectivity index (χ1v) is 12.0. The molecule has 2 fully saturated rings. The summed E-state index contributed by atoms with van der Waals surface area (Å²) in [6.45, 7) is 3.65. The average Bonchev–Trinajstić information content (AvgIpc) is 3.26. The highest BCUT2D eigenvalue weighted by atomic mass is 16.2. The fourth-order valence-electron chi connectivity index (χ4n) is 5.90. The Morgan fingerprint density at radius 2 is 1.37 bits per heavy atom. The van der Waals surface area contributed by atoms with Gasteiger partial charge in [0, 0.05) is 32.6 Å². The minimum Gasteiger partial charge on any atom is -0.340 e. The van der Waals surface area contributed by atoms with E-state index in [1.54, 1.807) is 0 Å². The molecule has 1 heterocycles. The van der Waals surface area contributed by atoms with Crippen molar-refractivity contribution >= 4 is 5.91 Å². The quantitative estimate of drug-likeness (QED) is 0.719. The smallest absolute Gasteiger partial charge is 0.222 e. The first-order valence-electron chi connectivity index (χ1n) is 12.0. The predicted octanol–water partition coefficient (Wildman–Crippen LogP) is 4.99. The van der Waals surface area contributed by atoms with Crippen molar-refractivity contribution in [3.8, 4) is 0 Å². The first kappa shape index (κ1) is 19.8. The van der Waals surface area contributed by atoms with E-state index in [1.807, 2.05) is 0 Å². The summed E-state index contributed by atoms with van der Waals surface area (Å²) in [5.74, 6) is 1.18. The molecule has 0 unspecified atom stereocenters. The van der Waals surface area contributed by atoms with Crippen LogP contribution in [0.2, 0.25) is 0 Å². The van der Waals surface area contributed by atoms with Crippen LogP contribution in [0, 0.1) is 5.92 Å². The Labute approximate surface area is 181 Å². The maximum Gasteiger partial charge on any atom is 0.222 e. The summed E-state index contributed by atoms with van der Waals surface area (Å²) in [5, 5.41) is 0. The number of amides is 1. The van der Waals surface area contributed by atoms with E-state index in [1.165, 1.54) is 47.9 Å². The van der Waals surface area contributed by atoms with E-state index < -0.39 is 0 Å². The Kier molecular flexibility index (Phi) is 5.90. The lowest BCUT2D eigenvalue weighted by Gasteiger charge is -2.40. The summed E-state index contributed by atoms with van der Waals surface area (Å²) in [6, 6.07) is 18.3. The topological polar surface area (TPSA) is 23.6 Å². The lowest BCUT2D eigenvalue weighted by Crippen LogP contribution is -2.50. The summed E-state index contributed by atoms with van der Waals surface area (Å²) >= 11 is 0. The zero-order valence-electron chi connectivity index (χ0n) is 18.1. The van der Waals surface area contributed by atoms with E-state index in [-0.39, 0.29) is 0 Å². The number of hydrogen-bond acceptors (Lipinski definition) is 2. The number of hydrogen-bond donors (Lipinski definition) is 0. The lowest BCUT2D eigenvalue weighted by atomic mass is 9.92. The van der Waals surface area contributed by atoms with Crippen LogP contribution in [0.3, 0.4) is 0 Å². The molecule has 158 valence electrons. The van der Waals surface area contributed by atoms with Crippen molar-refractivity contribution in [1.82, 2.24) is 9.80 Å². The predicted molar refractivity (Wildman–Crippen MR) is 121 cm³/mol. The molecule has 1 amide bonds. The molecule has 3 heteroatoms. The van der Waals surface area contributed by atoms with Crippen LogP contribution in [0.15, 0.2) is 48.5 Å². The number of aryl methyl sites for hydroxylation is 2. The van der Waals surface area contributed by atoms with Gasteiger partial charge < -0.3 is 4.90 Å². The molecule has 2 aliphatic carbocycles. The normalized spacial score (nSPS) is 20.6. The van der Waals surface area contributed by atoms with Gasteiger partial charge in [-0.15, -0.1) is 0 Å². The van der Waals surface area contributed by atoms with E-state index >= 15 is 0 Å². The molecular formula is C27H34N2O. The van der Waals surface area contributed by atoms with Gasteiger partial charge in [-0.2, -0.15) is 0 Å².